The molecule has 4 unspecified atom stereocenters. The molecule has 15 rings (SSSR count). The summed E-state index contributed by atoms with van der Waals surface area (Å²) in [7, 11) is -9.47. The highest BCUT2D eigenvalue weighted by Crippen LogP contribution is 2.66. The maximum Gasteiger partial charge on any atom is 0.310 e. The van der Waals surface area contributed by atoms with Gasteiger partial charge in [-0.05, 0) is 171 Å². The van der Waals surface area contributed by atoms with E-state index in [0.29, 0.717) is 115 Å². The predicted molar refractivity (Wildman–Crippen MR) is 463 cm³/mol. The van der Waals surface area contributed by atoms with Crippen LogP contribution in [0, 0.1) is 33.5 Å². The zero-order chi connectivity index (χ0) is 83.9. The predicted octanol–water partition coefficient (Wildman–Crippen LogP) is 21.5. The van der Waals surface area contributed by atoms with Gasteiger partial charge in [0.25, 0.3) is 0 Å². The Kier molecular flexibility index (Phi) is 19.9. The Morgan fingerprint density at radius 2 is 0.621 bits per heavy atom. The van der Waals surface area contributed by atoms with Crippen LogP contribution in [-0.2, 0) is 114 Å². The summed E-state index contributed by atoms with van der Waals surface area (Å²) in [6.45, 7) is 46.6. The summed E-state index contributed by atoms with van der Waals surface area (Å²) >= 11 is 0. The number of rotatable bonds is 8. The fourth-order valence-electron chi connectivity index (χ4n) is 20.0. The Morgan fingerprint density at radius 1 is 0.379 bits per heavy atom. The van der Waals surface area contributed by atoms with E-state index in [1.54, 1.807) is 0 Å². The van der Waals surface area contributed by atoms with E-state index in [1.165, 1.54) is 0 Å². The minimum absolute atomic E-state index is 0.00498. The van der Waals surface area contributed by atoms with E-state index < -0.39 is 85.9 Å². The van der Waals surface area contributed by atoms with Gasteiger partial charge in [0.2, 0.25) is 0 Å². The number of nitrogens with zero attached hydrogens (tertiary/aromatic N) is 2. The maximum absolute atomic E-state index is 16.2. The van der Waals surface area contributed by atoms with Crippen molar-refractivity contribution in [1.29, 1.82) is 0 Å². The van der Waals surface area contributed by atoms with E-state index in [1.807, 2.05) is 88.4 Å². The van der Waals surface area contributed by atoms with Crippen LogP contribution in [0.15, 0.2) is 109 Å². The lowest BCUT2D eigenvalue weighted by molar-refractivity contribution is -0.128. The third-order valence-corrected chi connectivity index (χ3v) is 30.4. The quantitative estimate of drug-likeness (QED) is 0.107. The van der Waals surface area contributed by atoms with Gasteiger partial charge in [-0.1, -0.05) is 249 Å². The van der Waals surface area contributed by atoms with Crippen LogP contribution in [0.2, 0.25) is 0 Å². The normalized spacial score (nSPS) is 21.0. The number of aromatic nitrogens is 2. The van der Waals surface area contributed by atoms with Gasteiger partial charge in [0.1, 0.15) is 59.3 Å². The molecule has 2 N–H and O–H groups in total. The fourth-order valence-corrected chi connectivity index (χ4v) is 23.6. The summed E-state index contributed by atoms with van der Waals surface area (Å²) < 4.78 is 93.9. The third-order valence-electron chi connectivity index (χ3n) is 27.9. The summed E-state index contributed by atoms with van der Waals surface area (Å²) in [4.78, 5) is 40.2. The molecule has 4 saturated carbocycles. The van der Waals surface area contributed by atoms with Gasteiger partial charge in [-0.15, -0.1) is 0 Å². The summed E-state index contributed by atoms with van der Waals surface area (Å²) in [5.74, 6) is -0.0801. The molecule has 16 heteroatoms. The van der Waals surface area contributed by atoms with Crippen LogP contribution in [0.4, 0.5) is 0 Å². The zero-order valence-electron chi connectivity index (χ0n) is 72.5. The number of phenols is 2. The second-order valence-electron chi connectivity index (χ2n) is 42.6. The van der Waals surface area contributed by atoms with E-state index >= 15 is 16.8 Å². The van der Waals surface area contributed by atoms with Gasteiger partial charge < -0.3 is 28.1 Å². The number of Topliss-reactive ketones (excluding diaryl/α,β-unsaturated/α-hetero) is 2. The number of benzene rings is 7. The molecule has 0 saturated heterocycles. The lowest BCUT2D eigenvalue weighted by Gasteiger charge is -2.36. The van der Waals surface area contributed by atoms with Crippen molar-refractivity contribution in [2.45, 2.75) is 275 Å². The van der Waals surface area contributed by atoms with Crippen molar-refractivity contribution in [3.05, 3.63) is 221 Å². The van der Waals surface area contributed by atoms with Gasteiger partial charge in [-0.25, -0.2) is 9.97 Å². The SMILES string of the molecule is CC(C)(C)c1cc2c(O)c(c1)Cc1cc(C(C)(C)C)cc3c1OCc1ccc4ccc5ccc(nc5c4n1)COc1c(cc(C(C)(C)C)cc1Cc1cc(C(C)(C)C)cc(c1OS(=O)(=O)CC14CCC(CC1=O)C4(C)C)Cc1cc(C(C)(C)C)cc(c1OS(=O)(=O)CC14CCC(CC1=O)C4(C)C)C3)Cc1cc(C(C)(C)C)cc(c1O)C2. The third kappa shape index (κ3) is 15.0. The van der Waals surface area contributed by atoms with Crippen LogP contribution in [0.5, 0.6) is 34.5 Å². The van der Waals surface area contributed by atoms with E-state index in [9.17, 15) is 19.8 Å². The molecule has 0 radical (unpaired) electrons. The first-order valence-corrected chi connectivity index (χ1v) is 45.1. The Balaban J connectivity index is 1.10. The van der Waals surface area contributed by atoms with Gasteiger partial charge in [0.15, 0.2) is 0 Å². The molecule has 4 atom stereocenters. The molecule has 0 amide bonds. The van der Waals surface area contributed by atoms with Crippen LogP contribution in [0.25, 0.3) is 21.8 Å². The van der Waals surface area contributed by atoms with Crippen molar-refractivity contribution in [1.82, 2.24) is 9.97 Å². The number of fused-ring (bicyclic) bond motifs is 14. The minimum Gasteiger partial charge on any atom is -0.507 e. The Hall–Kier alpha value is -8.60. The monoisotopic (exact) mass is 1600 g/mol. The molecule has 614 valence electrons. The largest absolute Gasteiger partial charge is 0.507 e. The van der Waals surface area contributed by atoms with Gasteiger partial charge in [0.05, 0.1) is 44.8 Å². The number of phenolic OH excluding ortho intramolecular Hbond substituents is 2. The molecule has 9 aromatic rings. The number of aromatic hydroxyl groups is 2. The molecule has 2 aliphatic heterocycles. The van der Waals surface area contributed by atoms with E-state index in [0.717, 1.165) is 55.3 Å². The Bertz CT molecular complexity index is 5470. The number of carbonyl (C=O) groups is 2. The molecule has 14 nitrogen and oxygen atoms in total. The first-order valence-electron chi connectivity index (χ1n) is 41.9. The maximum atomic E-state index is 16.2. The second kappa shape index (κ2) is 28.0. The van der Waals surface area contributed by atoms with Crippen molar-refractivity contribution in [3.8, 4) is 34.5 Å². The van der Waals surface area contributed by atoms with E-state index in [2.05, 4.69) is 173 Å². The lowest BCUT2D eigenvalue weighted by atomic mass is 9.70. The van der Waals surface area contributed by atoms with Crippen LogP contribution >= 0.6 is 0 Å². The molecule has 4 heterocycles. The first kappa shape index (κ1) is 82.5. The zero-order valence-corrected chi connectivity index (χ0v) is 74.2. The first-order chi connectivity index (χ1) is 53.7. The highest BCUT2D eigenvalue weighted by atomic mass is 32.2. The molecule has 2 aromatic heterocycles. The number of carbonyl (C=O) groups excluding carboxylic acids is 2. The topological polar surface area (TPSA) is 206 Å². The fraction of sp³-hybridized carbons (Fsp3) is 0.500. The van der Waals surface area contributed by atoms with Crippen LogP contribution in [0.1, 0.15) is 302 Å². The Labute approximate surface area is 689 Å². The van der Waals surface area contributed by atoms with Crippen LogP contribution in [0.3, 0.4) is 0 Å². The highest BCUT2D eigenvalue weighted by Gasteiger charge is 2.67. The molecule has 18 bridgehead atoms. The molecule has 4 fully saturated rings. The average molecular weight is 1610 g/mol. The molecule has 7 aromatic carbocycles. The van der Waals surface area contributed by atoms with E-state index in [4.69, 9.17) is 27.8 Å². The van der Waals surface area contributed by atoms with Crippen molar-refractivity contribution < 1.29 is 54.5 Å². The molecular weight excluding hydrogens is 1490 g/mol. The molecule has 0 spiro atoms. The molecule has 116 heavy (non-hydrogen) atoms. The van der Waals surface area contributed by atoms with E-state index in [-0.39, 0.29) is 111 Å². The Morgan fingerprint density at radius 3 is 0.879 bits per heavy atom. The van der Waals surface area contributed by atoms with Gasteiger partial charge in [-0.2, -0.15) is 16.8 Å². The summed E-state index contributed by atoms with van der Waals surface area (Å²) in [5.41, 5.74) is 8.32. The number of hydrogen-bond donors (Lipinski definition) is 2. The van der Waals surface area contributed by atoms with Gasteiger partial charge in [0, 0.05) is 84.4 Å². The molecule has 4 aliphatic carbocycles. The number of ether oxygens (including phenoxy) is 2. The van der Waals surface area contributed by atoms with Crippen molar-refractivity contribution >= 4 is 53.6 Å². The second-order valence-corrected chi connectivity index (χ2v) is 45.8. The van der Waals surface area contributed by atoms with Crippen LogP contribution < -0.4 is 17.8 Å². The smallest absolute Gasteiger partial charge is 0.310 e. The van der Waals surface area contributed by atoms with Crippen molar-refractivity contribution in [2.75, 3.05) is 11.5 Å². The minimum atomic E-state index is -4.73. The van der Waals surface area contributed by atoms with Gasteiger partial charge >= 0.3 is 20.2 Å². The number of pyridine rings is 2. The lowest BCUT2D eigenvalue weighted by Crippen LogP contribution is -2.43. The van der Waals surface area contributed by atoms with Crippen LogP contribution in [-0.4, -0.2) is 60.1 Å². The molecular formula is C100H120N2O12S2. The number of hydrogen-bond acceptors (Lipinski definition) is 14. The van der Waals surface area contributed by atoms with Gasteiger partial charge in [-0.3, -0.25) is 9.59 Å². The number of ketones is 2. The average Bonchev–Trinajstić information content (AvgIpc) is 1.55. The standard InChI is InChI=1S/C100H120N2O12S2/c1-91(2,3)73-39-59-33-60-40-74(92(4,5)6)42-62(86(60)106)35-64-44-76(94(10,11)12)46-66-37-68-48-78(96(16,17)18)50-70(90(68)114-116(109,110)56-100-32-30-72(52-82(100)104)98(100,21)22)38-69-49-77(95(13,14)15)47-67(89(69)113-115(107,108)55-99-31-29-71(51-81(99)103)97(99,19)20)36-65-45-75(93(7,8)9)43-63(34-61(41-73)85(59)105)87(65)111-53-79-27-25-57-23-24-58-26-28-80(54-112-88(64)66)102-84(58)83(57)101-79/h23-28,39-50,71-72,105-106H,29-38,51-56H2,1-22H3. The summed E-state index contributed by atoms with van der Waals surface area (Å²) in [6.07, 6.45) is 3.17. The van der Waals surface area contributed by atoms with Crippen molar-refractivity contribution in [2.24, 2.45) is 33.5 Å². The molecule has 6 aliphatic rings. The summed E-state index contributed by atoms with van der Waals surface area (Å²) in [5, 5.41) is 28.6. The highest BCUT2D eigenvalue weighted by molar-refractivity contribution is 7.87. The summed E-state index contributed by atoms with van der Waals surface area (Å²) in [6, 6.07) is 37.1. The van der Waals surface area contributed by atoms with Crippen molar-refractivity contribution in [3.63, 3.8) is 0 Å².